The molecule has 1 aromatic carbocycles. The maximum atomic E-state index is 11.9. The van der Waals surface area contributed by atoms with E-state index in [0.717, 1.165) is 6.42 Å². The number of carboxylic acid groups (broad SMARTS) is 1. The molecule has 0 spiro atoms. The van der Waals surface area contributed by atoms with E-state index >= 15 is 0 Å². The van der Waals surface area contributed by atoms with Gasteiger partial charge in [0, 0.05) is 18.6 Å². The lowest BCUT2D eigenvalue weighted by atomic mass is 10.1. The summed E-state index contributed by atoms with van der Waals surface area (Å²) in [6, 6.07) is 2.99. The summed E-state index contributed by atoms with van der Waals surface area (Å²) in [5, 5.41) is 8.57. The van der Waals surface area contributed by atoms with Gasteiger partial charge in [-0.2, -0.15) is 0 Å². The molecule has 1 rings (SSSR count). The van der Waals surface area contributed by atoms with Crippen molar-refractivity contribution in [2.45, 2.75) is 25.7 Å². The summed E-state index contributed by atoms with van der Waals surface area (Å²) in [5.74, 6) is -0.566. The average Bonchev–Trinajstić information content (AvgIpc) is 2.55. The third-order valence-corrected chi connectivity index (χ3v) is 3.18. The van der Waals surface area contributed by atoms with E-state index in [4.69, 9.17) is 25.1 Å². The van der Waals surface area contributed by atoms with Gasteiger partial charge in [0.1, 0.15) is 6.61 Å². The van der Waals surface area contributed by atoms with Crippen molar-refractivity contribution in [1.29, 1.82) is 0 Å². The number of benzene rings is 1. The molecule has 0 saturated heterocycles. The second-order valence-electron chi connectivity index (χ2n) is 5.03. The van der Waals surface area contributed by atoms with Crippen LogP contribution in [0.4, 0.5) is 5.69 Å². The number of ether oxygens (including phenoxy) is 3. The number of esters is 1. The van der Waals surface area contributed by atoms with Gasteiger partial charge in [0.05, 0.1) is 25.0 Å². The number of carbonyl (C=O) groups is 2. The third-order valence-electron chi connectivity index (χ3n) is 3.18. The van der Waals surface area contributed by atoms with Gasteiger partial charge in [0.25, 0.3) is 0 Å². The van der Waals surface area contributed by atoms with Gasteiger partial charge < -0.3 is 25.1 Å². The average molecular weight is 337 g/mol. The van der Waals surface area contributed by atoms with E-state index < -0.39 is 11.9 Å². The van der Waals surface area contributed by atoms with Crippen molar-refractivity contribution in [2.24, 2.45) is 0 Å². The van der Waals surface area contributed by atoms with Gasteiger partial charge >= 0.3 is 11.9 Å². The summed E-state index contributed by atoms with van der Waals surface area (Å²) in [6.07, 6.45) is 3.67. The normalized spacial score (nSPS) is 10.0. The van der Waals surface area contributed by atoms with E-state index in [1.165, 1.54) is 25.3 Å². The molecule has 0 heterocycles. The van der Waals surface area contributed by atoms with Gasteiger partial charge in [-0.25, -0.2) is 4.79 Å². The quantitative estimate of drug-likeness (QED) is 0.276. The van der Waals surface area contributed by atoms with Crippen molar-refractivity contribution in [1.82, 2.24) is 0 Å². The van der Waals surface area contributed by atoms with Gasteiger partial charge in [-0.1, -0.05) is 12.7 Å². The van der Waals surface area contributed by atoms with Crippen molar-refractivity contribution in [2.75, 3.05) is 26.1 Å². The number of methoxy groups -OCH3 is 1. The van der Waals surface area contributed by atoms with Crippen molar-refractivity contribution in [3.05, 3.63) is 30.4 Å². The van der Waals surface area contributed by atoms with Gasteiger partial charge in [-0.05, 0) is 19.3 Å². The molecule has 0 radical (unpaired) electrons. The Labute approximate surface area is 141 Å². The Kier molecular flexibility index (Phi) is 8.18. The van der Waals surface area contributed by atoms with E-state index in [1.807, 2.05) is 0 Å². The van der Waals surface area contributed by atoms with Crippen molar-refractivity contribution < 1.29 is 28.9 Å². The number of unbranched alkanes of at least 4 members (excludes halogenated alkanes) is 2. The maximum Gasteiger partial charge on any atom is 0.340 e. The van der Waals surface area contributed by atoms with Gasteiger partial charge in [-0.3, -0.25) is 4.79 Å². The first-order valence-corrected chi connectivity index (χ1v) is 7.59. The highest BCUT2D eigenvalue weighted by Gasteiger charge is 2.16. The molecule has 132 valence electrons. The molecule has 0 bridgehead atoms. The highest BCUT2D eigenvalue weighted by Crippen LogP contribution is 2.32. The van der Waals surface area contributed by atoms with Crippen molar-refractivity contribution in [3.8, 4) is 11.5 Å². The number of nitrogens with two attached hydrogens (primary N) is 1. The van der Waals surface area contributed by atoms with Crippen LogP contribution >= 0.6 is 0 Å². The number of hydrogen-bond donors (Lipinski definition) is 2. The van der Waals surface area contributed by atoms with Gasteiger partial charge in [0.15, 0.2) is 11.5 Å². The number of anilines is 1. The van der Waals surface area contributed by atoms with E-state index in [2.05, 4.69) is 6.58 Å². The molecular weight excluding hydrogens is 314 g/mol. The lowest BCUT2D eigenvalue weighted by Crippen LogP contribution is -2.10. The Bertz CT molecular complexity index is 585. The molecular formula is C17H23NO6. The van der Waals surface area contributed by atoms with Crippen LogP contribution in [0.25, 0.3) is 0 Å². The van der Waals surface area contributed by atoms with Crippen LogP contribution in [0.2, 0.25) is 0 Å². The number of rotatable bonds is 11. The Morgan fingerprint density at radius 1 is 1.25 bits per heavy atom. The molecule has 0 aromatic heterocycles. The van der Waals surface area contributed by atoms with Crippen molar-refractivity contribution in [3.63, 3.8) is 0 Å². The van der Waals surface area contributed by atoms with Crippen LogP contribution in [-0.2, 0) is 9.53 Å². The van der Waals surface area contributed by atoms with Crippen LogP contribution in [-0.4, -0.2) is 37.4 Å². The summed E-state index contributed by atoms with van der Waals surface area (Å²) in [4.78, 5) is 22.3. The maximum absolute atomic E-state index is 11.9. The topological polar surface area (TPSA) is 108 Å². The smallest absolute Gasteiger partial charge is 0.340 e. The first kappa shape index (κ1) is 19.3. The monoisotopic (exact) mass is 337 g/mol. The molecule has 7 heteroatoms. The number of aliphatic carboxylic acids is 1. The zero-order chi connectivity index (χ0) is 17.9. The highest BCUT2D eigenvalue weighted by atomic mass is 16.5. The lowest BCUT2D eigenvalue weighted by Gasteiger charge is -2.14. The van der Waals surface area contributed by atoms with Gasteiger partial charge in [-0.15, -0.1) is 0 Å². The zero-order valence-electron chi connectivity index (χ0n) is 13.7. The molecule has 1 aromatic rings. The Morgan fingerprint density at radius 3 is 2.62 bits per heavy atom. The van der Waals surface area contributed by atoms with E-state index in [0.29, 0.717) is 30.9 Å². The summed E-state index contributed by atoms with van der Waals surface area (Å²) in [6.45, 7) is 3.97. The molecule has 0 atom stereocenters. The molecule has 0 fully saturated rings. The summed E-state index contributed by atoms with van der Waals surface area (Å²) in [7, 11) is 1.46. The van der Waals surface area contributed by atoms with Crippen LogP contribution in [0.15, 0.2) is 24.8 Å². The van der Waals surface area contributed by atoms with E-state index in [1.54, 1.807) is 0 Å². The minimum absolute atomic E-state index is 0.0924. The molecule has 0 saturated carbocycles. The SMILES string of the molecule is C=CCOC(=O)c1cc(OC)c(OCCCCCC(=O)O)cc1N. The fourth-order valence-electron chi connectivity index (χ4n) is 1.97. The highest BCUT2D eigenvalue weighted by molar-refractivity contribution is 5.96. The Balaban J connectivity index is 2.64. The molecule has 0 aliphatic rings. The van der Waals surface area contributed by atoms with Crippen LogP contribution in [0.1, 0.15) is 36.0 Å². The summed E-state index contributed by atoms with van der Waals surface area (Å²) >= 11 is 0. The number of carboxylic acids is 1. The number of hydrogen-bond acceptors (Lipinski definition) is 6. The Hall–Kier alpha value is -2.70. The number of carbonyl (C=O) groups excluding carboxylic acids is 1. The second kappa shape index (κ2) is 10.1. The van der Waals surface area contributed by atoms with Gasteiger partial charge in [0.2, 0.25) is 0 Å². The largest absolute Gasteiger partial charge is 0.493 e. The molecule has 0 unspecified atom stereocenters. The third kappa shape index (κ3) is 6.20. The Morgan fingerprint density at radius 2 is 2.00 bits per heavy atom. The standard InChI is InChI=1S/C17H23NO6/c1-3-8-24-17(21)12-10-14(22-2)15(11-13(12)18)23-9-6-4-5-7-16(19)20/h3,10-11H,1,4-9,18H2,2H3,(H,19,20). The van der Waals surface area contributed by atoms with Crippen LogP contribution in [0.3, 0.4) is 0 Å². The minimum atomic E-state index is -0.802. The van der Waals surface area contributed by atoms with Crippen molar-refractivity contribution >= 4 is 17.6 Å². The lowest BCUT2D eigenvalue weighted by molar-refractivity contribution is -0.137. The van der Waals surface area contributed by atoms with Crippen LogP contribution in [0, 0.1) is 0 Å². The zero-order valence-corrected chi connectivity index (χ0v) is 13.7. The molecule has 0 aliphatic carbocycles. The first-order chi connectivity index (χ1) is 11.5. The molecule has 7 nitrogen and oxygen atoms in total. The predicted molar refractivity (Wildman–Crippen MR) is 89.5 cm³/mol. The summed E-state index contributed by atoms with van der Waals surface area (Å²) in [5.41, 5.74) is 6.30. The molecule has 24 heavy (non-hydrogen) atoms. The molecule has 0 aliphatic heterocycles. The number of nitrogen functional groups attached to an aromatic ring is 1. The summed E-state index contributed by atoms with van der Waals surface area (Å²) < 4.78 is 15.8. The second-order valence-corrected chi connectivity index (χ2v) is 5.03. The molecule has 0 amide bonds. The predicted octanol–water partition coefficient (Wildman–Crippen LogP) is 2.64. The van der Waals surface area contributed by atoms with Crippen LogP contribution in [0.5, 0.6) is 11.5 Å². The fraction of sp³-hybridized carbons (Fsp3) is 0.412. The molecule has 3 N–H and O–H groups in total. The fourth-order valence-corrected chi connectivity index (χ4v) is 1.97. The first-order valence-electron chi connectivity index (χ1n) is 7.59. The van der Waals surface area contributed by atoms with E-state index in [-0.39, 0.29) is 24.3 Å². The van der Waals surface area contributed by atoms with E-state index in [9.17, 15) is 9.59 Å². The minimum Gasteiger partial charge on any atom is -0.493 e. The van der Waals surface area contributed by atoms with Crippen LogP contribution < -0.4 is 15.2 Å².